The van der Waals surface area contributed by atoms with Crippen LogP contribution in [-0.2, 0) is 0 Å². The van der Waals surface area contributed by atoms with Crippen LogP contribution in [0.1, 0.15) is 13.3 Å². The van der Waals surface area contributed by atoms with Crippen LogP contribution in [0.3, 0.4) is 0 Å². The van der Waals surface area contributed by atoms with Gasteiger partial charge in [-0.05, 0) is 25.0 Å². The Kier molecular flexibility index (Phi) is 1.52. The van der Waals surface area contributed by atoms with Crippen molar-refractivity contribution in [2.45, 2.75) is 13.3 Å². The molecule has 0 nitrogen and oxygen atoms in total. The standard InChI is InChI=1S/C8H9F/c1-6-3-4-8(9)7(2)5-6/h3-4H,2,5H2,1H3. The van der Waals surface area contributed by atoms with Crippen molar-refractivity contribution in [3.63, 3.8) is 0 Å². The van der Waals surface area contributed by atoms with Crippen LogP contribution in [0.25, 0.3) is 0 Å². The molecule has 0 bridgehead atoms. The van der Waals surface area contributed by atoms with Crippen molar-refractivity contribution in [1.29, 1.82) is 0 Å². The van der Waals surface area contributed by atoms with Crippen LogP contribution in [0.15, 0.2) is 35.7 Å². The zero-order valence-electron chi connectivity index (χ0n) is 5.45. The monoisotopic (exact) mass is 124 g/mol. The smallest absolute Gasteiger partial charge is 0.126 e. The van der Waals surface area contributed by atoms with Crippen LogP contribution < -0.4 is 0 Å². The van der Waals surface area contributed by atoms with E-state index in [9.17, 15) is 4.39 Å². The Balaban J connectivity index is 2.86. The van der Waals surface area contributed by atoms with E-state index in [1.54, 1.807) is 6.08 Å². The molecule has 0 aliphatic heterocycles. The molecular formula is C8H9F. The third kappa shape index (κ3) is 1.28. The molecule has 0 amide bonds. The van der Waals surface area contributed by atoms with Crippen LogP contribution in [0.4, 0.5) is 4.39 Å². The second kappa shape index (κ2) is 2.18. The van der Waals surface area contributed by atoms with Crippen molar-refractivity contribution in [2.24, 2.45) is 0 Å². The molecule has 1 heteroatoms. The van der Waals surface area contributed by atoms with Gasteiger partial charge < -0.3 is 0 Å². The summed E-state index contributed by atoms with van der Waals surface area (Å²) in [5.74, 6) is -0.180. The molecule has 0 aromatic carbocycles. The average Bonchev–Trinajstić information content (AvgIpc) is 1.80. The van der Waals surface area contributed by atoms with Gasteiger partial charge in [-0.1, -0.05) is 18.2 Å². The lowest BCUT2D eigenvalue weighted by atomic mass is 10.0. The molecule has 0 saturated heterocycles. The van der Waals surface area contributed by atoms with Crippen LogP contribution in [0.5, 0.6) is 0 Å². The fraction of sp³-hybridized carbons (Fsp3) is 0.250. The Morgan fingerprint density at radius 2 is 2.22 bits per heavy atom. The Labute approximate surface area is 54.4 Å². The molecule has 0 fully saturated rings. The van der Waals surface area contributed by atoms with Crippen LogP contribution >= 0.6 is 0 Å². The van der Waals surface area contributed by atoms with Crippen molar-refractivity contribution in [3.05, 3.63) is 35.7 Å². The summed E-state index contributed by atoms with van der Waals surface area (Å²) in [7, 11) is 0. The molecule has 0 saturated carbocycles. The largest absolute Gasteiger partial charge is 0.207 e. The highest BCUT2D eigenvalue weighted by Gasteiger charge is 2.05. The minimum Gasteiger partial charge on any atom is -0.207 e. The third-order valence-corrected chi connectivity index (χ3v) is 1.34. The Morgan fingerprint density at radius 1 is 1.56 bits per heavy atom. The summed E-state index contributed by atoms with van der Waals surface area (Å²) >= 11 is 0. The first-order valence-electron chi connectivity index (χ1n) is 2.91. The Bertz CT molecular complexity index is 197. The predicted octanol–water partition coefficient (Wildman–Crippen LogP) is 2.75. The van der Waals surface area contributed by atoms with Crippen molar-refractivity contribution in [2.75, 3.05) is 0 Å². The lowest BCUT2D eigenvalue weighted by molar-refractivity contribution is 0.642. The van der Waals surface area contributed by atoms with E-state index < -0.39 is 0 Å². The van der Waals surface area contributed by atoms with E-state index in [0.29, 0.717) is 12.0 Å². The Morgan fingerprint density at radius 3 is 2.67 bits per heavy atom. The lowest BCUT2D eigenvalue weighted by Crippen LogP contribution is -1.89. The first-order chi connectivity index (χ1) is 4.20. The van der Waals surface area contributed by atoms with Gasteiger partial charge in [-0.15, -0.1) is 0 Å². The first kappa shape index (κ1) is 6.27. The van der Waals surface area contributed by atoms with Crippen molar-refractivity contribution >= 4 is 0 Å². The summed E-state index contributed by atoms with van der Waals surface area (Å²) in [6.45, 7) is 5.53. The van der Waals surface area contributed by atoms with Gasteiger partial charge in [-0.25, -0.2) is 4.39 Å². The second-order valence-corrected chi connectivity index (χ2v) is 2.31. The number of hydrogen-bond donors (Lipinski definition) is 0. The highest BCUT2D eigenvalue weighted by molar-refractivity contribution is 5.35. The van der Waals surface area contributed by atoms with E-state index in [1.165, 1.54) is 11.6 Å². The normalized spacial score (nSPS) is 19.1. The molecule has 0 atom stereocenters. The number of rotatable bonds is 0. The van der Waals surface area contributed by atoms with E-state index in [4.69, 9.17) is 0 Å². The van der Waals surface area contributed by atoms with Gasteiger partial charge >= 0.3 is 0 Å². The van der Waals surface area contributed by atoms with Gasteiger partial charge in [0.2, 0.25) is 0 Å². The summed E-state index contributed by atoms with van der Waals surface area (Å²) in [4.78, 5) is 0. The fourth-order valence-corrected chi connectivity index (χ4v) is 0.813. The molecule has 0 unspecified atom stereocenters. The van der Waals surface area contributed by atoms with Crippen molar-refractivity contribution in [1.82, 2.24) is 0 Å². The quantitative estimate of drug-likeness (QED) is 0.465. The molecule has 0 radical (unpaired) electrons. The molecule has 0 N–H and O–H groups in total. The number of halogens is 1. The highest BCUT2D eigenvalue weighted by Crippen LogP contribution is 2.22. The van der Waals surface area contributed by atoms with Crippen molar-refractivity contribution in [3.8, 4) is 0 Å². The highest BCUT2D eigenvalue weighted by atomic mass is 19.1. The summed E-state index contributed by atoms with van der Waals surface area (Å²) in [5, 5.41) is 0. The molecule has 1 aliphatic carbocycles. The predicted molar refractivity (Wildman–Crippen MR) is 36.7 cm³/mol. The molecule has 9 heavy (non-hydrogen) atoms. The maximum absolute atomic E-state index is 12.5. The van der Waals surface area contributed by atoms with Gasteiger partial charge in [0.15, 0.2) is 0 Å². The fourth-order valence-electron chi connectivity index (χ4n) is 0.813. The summed E-state index contributed by atoms with van der Waals surface area (Å²) < 4.78 is 12.5. The topological polar surface area (TPSA) is 0 Å². The van der Waals surface area contributed by atoms with Gasteiger partial charge in [0, 0.05) is 0 Å². The molecule has 1 rings (SSSR count). The van der Waals surface area contributed by atoms with E-state index in [0.717, 1.165) is 0 Å². The number of hydrogen-bond acceptors (Lipinski definition) is 0. The minimum atomic E-state index is -0.180. The van der Waals surface area contributed by atoms with Crippen LogP contribution in [0.2, 0.25) is 0 Å². The molecule has 0 aromatic rings. The van der Waals surface area contributed by atoms with Gasteiger partial charge in [0.05, 0.1) is 0 Å². The Hall–Kier alpha value is -0.850. The zero-order chi connectivity index (χ0) is 6.85. The van der Waals surface area contributed by atoms with Gasteiger partial charge in [0.1, 0.15) is 5.83 Å². The molecular weight excluding hydrogens is 115 g/mol. The summed E-state index contributed by atoms with van der Waals surface area (Å²) in [5.41, 5.74) is 1.76. The maximum atomic E-state index is 12.5. The minimum absolute atomic E-state index is 0.180. The number of allylic oxidation sites excluding steroid dienone is 5. The van der Waals surface area contributed by atoms with Gasteiger partial charge in [-0.3, -0.25) is 0 Å². The van der Waals surface area contributed by atoms with Crippen LogP contribution in [-0.4, -0.2) is 0 Å². The first-order valence-corrected chi connectivity index (χ1v) is 2.91. The zero-order valence-corrected chi connectivity index (χ0v) is 5.45. The third-order valence-electron chi connectivity index (χ3n) is 1.34. The maximum Gasteiger partial charge on any atom is 0.126 e. The second-order valence-electron chi connectivity index (χ2n) is 2.31. The molecule has 48 valence electrons. The van der Waals surface area contributed by atoms with E-state index in [1.807, 2.05) is 6.92 Å². The van der Waals surface area contributed by atoms with Gasteiger partial charge in [-0.2, -0.15) is 0 Å². The molecule has 1 aliphatic rings. The molecule has 0 aromatic heterocycles. The lowest BCUT2D eigenvalue weighted by Gasteiger charge is -2.06. The van der Waals surface area contributed by atoms with Gasteiger partial charge in [0.25, 0.3) is 0 Å². The summed E-state index contributed by atoms with van der Waals surface area (Å²) in [6, 6.07) is 0. The molecule has 0 heterocycles. The van der Waals surface area contributed by atoms with E-state index >= 15 is 0 Å². The van der Waals surface area contributed by atoms with Crippen LogP contribution in [0, 0.1) is 0 Å². The SMILES string of the molecule is C=C1CC(C)=CC=C1F. The average molecular weight is 124 g/mol. The summed E-state index contributed by atoms with van der Waals surface area (Å²) in [6.07, 6.45) is 3.92. The molecule has 0 spiro atoms. The van der Waals surface area contributed by atoms with Crippen molar-refractivity contribution < 1.29 is 4.39 Å². The van der Waals surface area contributed by atoms with E-state index in [2.05, 4.69) is 6.58 Å². The van der Waals surface area contributed by atoms with E-state index in [-0.39, 0.29) is 5.83 Å².